The first kappa shape index (κ1) is 24.5. The van der Waals surface area contributed by atoms with Gasteiger partial charge in [0.25, 0.3) is 0 Å². The van der Waals surface area contributed by atoms with Crippen molar-refractivity contribution >= 4 is 33.9 Å². The van der Waals surface area contributed by atoms with Crippen LogP contribution in [0, 0.1) is 0 Å². The average Bonchev–Trinajstić information content (AvgIpc) is 2.84. The lowest BCUT2D eigenvalue weighted by atomic mass is 10.2. The van der Waals surface area contributed by atoms with Crippen molar-refractivity contribution in [2.24, 2.45) is 0 Å². The van der Waals surface area contributed by atoms with Crippen LogP contribution in [0.5, 0.6) is 23.1 Å². The molecule has 0 saturated carbocycles. The molecule has 0 aliphatic heterocycles. The Morgan fingerprint density at radius 1 is 1.00 bits per heavy atom. The van der Waals surface area contributed by atoms with E-state index in [-0.39, 0.29) is 0 Å². The second-order valence-corrected chi connectivity index (χ2v) is 7.70. The van der Waals surface area contributed by atoms with Crippen LogP contribution < -0.4 is 24.8 Å². The summed E-state index contributed by atoms with van der Waals surface area (Å²) in [5, 5.41) is 7.79. The van der Waals surface area contributed by atoms with Gasteiger partial charge in [0.05, 0.1) is 25.1 Å². The molecule has 0 amide bonds. The van der Waals surface area contributed by atoms with E-state index in [4.69, 9.17) is 26.4 Å². The molecule has 0 bridgehead atoms. The number of nitrogens with zero attached hydrogens (tertiary/aromatic N) is 3. The topological polar surface area (TPSA) is 80.8 Å². The van der Waals surface area contributed by atoms with E-state index in [1.165, 1.54) is 6.33 Å². The normalized spacial score (nSPS) is 10.8. The molecule has 2 N–H and O–H groups in total. The number of hydrogen-bond acceptors (Lipinski definition) is 7. The van der Waals surface area contributed by atoms with Crippen molar-refractivity contribution in [3.8, 4) is 23.1 Å². The highest BCUT2D eigenvalue weighted by molar-refractivity contribution is 7.80. The minimum atomic E-state index is 0.437. The van der Waals surface area contributed by atoms with Gasteiger partial charge in [-0.3, -0.25) is 0 Å². The molecule has 176 valence electrons. The average molecular weight is 470 g/mol. The van der Waals surface area contributed by atoms with Crippen LogP contribution in [0.3, 0.4) is 0 Å². The maximum atomic E-state index is 6.02. The molecule has 0 spiro atoms. The van der Waals surface area contributed by atoms with Crippen LogP contribution in [0.4, 0.5) is 5.69 Å². The van der Waals surface area contributed by atoms with Gasteiger partial charge in [-0.25, -0.2) is 9.97 Å². The number of anilines is 1. The van der Waals surface area contributed by atoms with Crippen molar-refractivity contribution in [3.63, 3.8) is 0 Å². The van der Waals surface area contributed by atoms with Crippen LogP contribution in [0.2, 0.25) is 0 Å². The number of methoxy groups -OCH3 is 2. The van der Waals surface area contributed by atoms with Crippen LogP contribution in [-0.4, -0.2) is 60.4 Å². The first-order chi connectivity index (χ1) is 16.1. The molecule has 8 nitrogen and oxygen atoms in total. The van der Waals surface area contributed by atoms with Crippen molar-refractivity contribution < 1.29 is 14.2 Å². The van der Waals surface area contributed by atoms with Crippen LogP contribution >= 0.6 is 12.2 Å². The molecule has 3 aromatic rings. The van der Waals surface area contributed by atoms with Crippen LogP contribution in [0.1, 0.15) is 20.3 Å². The number of hydrogen-bond donors (Lipinski definition) is 2. The maximum absolute atomic E-state index is 6.02. The first-order valence-electron chi connectivity index (χ1n) is 11.0. The lowest BCUT2D eigenvalue weighted by Gasteiger charge is -2.18. The van der Waals surface area contributed by atoms with E-state index >= 15 is 0 Å². The van der Waals surface area contributed by atoms with Gasteiger partial charge in [0, 0.05) is 18.3 Å². The summed E-state index contributed by atoms with van der Waals surface area (Å²) >= 11 is 5.40. The predicted octanol–water partition coefficient (Wildman–Crippen LogP) is 4.46. The van der Waals surface area contributed by atoms with Gasteiger partial charge in [0.2, 0.25) is 5.88 Å². The standard InChI is InChI=1S/C24H31N5O3S/c1-5-29(6-2)13-7-12-25-24(33)28-17-8-10-18(11-9-17)32-23-19-14-21(30-3)22(31-4)15-20(19)26-16-27-23/h8-11,14-16H,5-7,12-13H2,1-4H3,(H2,25,28,33). The molecule has 0 unspecified atom stereocenters. The van der Waals surface area contributed by atoms with Gasteiger partial charge in [-0.2, -0.15) is 0 Å². The monoisotopic (exact) mass is 469 g/mol. The van der Waals surface area contributed by atoms with E-state index in [2.05, 4.69) is 39.3 Å². The zero-order chi connectivity index (χ0) is 23.6. The maximum Gasteiger partial charge on any atom is 0.230 e. The van der Waals surface area contributed by atoms with Crippen LogP contribution in [0.15, 0.2) is 42.7 Å². The summed E-state index contributed by atoms with van der Waals surface area (Å²) in [6.45, 7) is 8.39. The van der Waals surface area contributed by atoms with E-state index in [1.54, 1.807) is 20.3 Å². The number of benzene rings is 2. The van der Waals surface area contributed by atoms with Gasteiger partial charge >= 0.3 is 0 Å². The summed E-state index contributed by atoms with van der Waals surface area (Å²) in [6.07, 6.45) is 2.50. The number of nitrogens with one attached hydrogen (secondary N) is 2. The van der Waals surface area contributed by atoms with Gasteiger partial charge < -0.3 is 29.7 Å². The summed E-state index contributed by atoms with van der Waals surface area (Å²) in [6, 6.07) is 11.1. The Morgan fingerprint density at radius 3 is 2.36 bits per heavy atom. The lowest BCUT2D eigenvalue weighted by Crippen LogP contribution is -2.32. The quantitative estimate of drug-likeness (QED) is 0.312. The third-order valence-electron chi connectivity index (χ3n) is 5.26. The highest BCUT2D eigenvalue weighted by atomic mass is 32.1. The fraction of sp³-hybridized carbons (Fsp3) is 0.375. The summed E-state index contributed by atoms with van der Waals surface area (Å²) in [5.74, 6) is 2.27. The Hall–Kier alpha value is -3.17. The Balaban J connectivity index is 1.59. The number of rotatable bonds is 11. The third-order valence-corrected chi connectivity index (χ3v) is 5.51. The Morgan fingerprint density at radius 2 is 1.70 bits per heavy atom. The lowest BCUT2D eigenvalue weighted by molar-refractivity contribution is 0.300. The van der Waals surface area contributed by atoms with Crippen molar-refractivity contribution in [2.45, 2.75) is 20.3 Å². The molecule has 3 rings (SSSR count). The Kier molecular flexibility index (Phi) is 9.03. The number of thiocarbonyl (C=S) groups is 1. The van der Waals surface area contributed by atoms with Crippen molar-refractivity contribution in [1.82, 2.24) is 20.2 Å². The summed E-state index contributed by atoms with van der Waals surface area (Å²) in [4.78, 5) is 11.0. The molecule has 0 radical (unpaired) electrons. The number of aromatic nitrogens is 2. The smallest absolute Gasteiger partial charge is 0.230 e. The molecule has 9 heteroatoms. The minimum absolute atomic E-state index is 0.437. The van der Waals surface area contributed by atoms with Gasteiger partial charge in [-0.1, -0.05) is 13.8 Å². The molecule has 33 heavy (non-hydrogen) atoms. The van der Waals surface area contributed by atoms with Crippen LogP contribution in [0.25, 0.3) is 10.9 Å². The third kappa shape index (κ3) is 6.66. The molecule has 0 aliphatic rings. The Labute approximate surface area is 200 Å². The van der Waals surface area contributed by atoms with Crippen molar-refractivity contribution in [3.05, 3.63) is 42.7 Å². The van der Waals surface area contributed by atoms with Crippen molar-refractivity contribution in [2.75, 3.05) is 45.7 Å². The fourth-order valence-electron chi connectivity index (χ4n) is 3.38. The predicted molar refractivity (Wildman–Crippen MR) is 136 cm³/mol. The minimum Gasteiger partial charge on any atom is -0.493 e. The van der Waals surface area contributed by atoms with Gasteiger partial charge in [-0.15, -0.1) is 0 Å². The SMILES string of the molecule is CCN(CC)CCCNC(=S)Nc1ccc(Oc2ncnc3cc(OC)c(OC)cc23)cc1. The molecule has 2 aromatic carbocycles. The number of ether oxygens (including phenoxy) is 3. The van der Waals surface area contributed by atoms with E-state index in [1.807, 2.05) is 30.3 Å². The van der Waals surface area contributed by atoms with E-state index in [0.717, 1.165) is 43.7 Å². The Bertz CT molecular complexity index is 1060. The zero-order valence-electron chi connectivity index (χ0n) is 19.6. The largest absolute Gasteiger partial charge is 0.493 e. The molecule has 1 heterocycles. The molecule has 0 fully saturated rings. The van der Waals surface area contributed by atoms with E-state index < -0.39 is 0 Å². The van der Waals surface area contributed by atoms with Gasteiger partial charge in [0.15, 0.2) is 16.6 Å². The first-order valence-corrected chi connectivity index (χ1v) is 11.4. The molecule has 0 atom stereocenters. The number of fused-ring (bicyclic) bond motifs is 1. The van der Waals surface area contributed by atoms with Gasteiger partial charge in [-0.05, 0) is 68.6 Å². The highest BCUT2D eigenvalue weighted by Crippen LogP contribution is 2.35. The van der Waals surface area contributed by atoms with E-state index in [9.17, 15) is 0 Å². The van der Waals surface area contributed by atoms with E-state index in [0.29, 0.717) is 33.8 Å². The van der Waals surface area contributed by atoms with Gasteiger partial charge in [0.1, 0.15) is 12.1 Å². The van der Waals surface area contributed by atoms with Crippen LogP contribution in [-0.2, 0) is 0 Å². The summed E-state index contributed by atoms with van der Waals surface area (Å²) < 4.78 is 16.8. The second-order valence-electron chi connectivity index (χ2n) is 7.29. The second kappa shape index (κ2) is 12.2. The molecule has 0 aliphatic carbocycles. The zero-order valence-corrected chi connectivity index (χ0v) is 20.4. The van der Waals surface area contributed by atoms with Crippen molar-refractivity contribution in [1.29, 1.82) is 0 Å². The molecule has 0 saturated heterocycles. The highest BCUT2D eigenvalue weighted by Gasteiger charge is 2.12. The fourth-order valence-corrected chi connectivity index (χ4v) is 3.60. The summed E-state index contributed by atoms with van der Waals surface area (Å²) in [5.41, 5.74) is 1.58. The molecular weight excluding hydrogens is 438 g/mol. The molecular formula is C24H31N5O3S. The molecule has 1 aromatic heterocycles. The summed E-state index contributed by atoms with van der Waals surface area (Å²) in [7, 11) is 3.18.